The summed E-state index contributed by atoms with van der Waals surface area (Å²) in [6.45, 7) is 0. The fraction of sp³-hybridized carbons (Fsp3) is 0.462. The van der Waals surface area contributed by atoms with Crippen LogP contribution in [0.2, 0.25) is 0 Å². The van der Waals surface area contributed by atoms with Gasteiger partial charge in [-0.05, 0) is 24.3 Å². The van der Waals surface area contributed by atoms with Crippen molar-refractivity contribution >= 4 is 5.97 Å². The second kappa shape index (κ2) is 4.47. The van der Waals surface area contributed by atoms with E-state index in [0.717, 1.165) is 12.0 Å². The van der Waals surface area contributed by atoms with Gasteiger partial charge in [-0.15, -0.1) is 0 Å². The molecule has 0 saturated heterocycles. The highest BCUT2D eigenvalue weighted by atomic mass is 16.4. The Hall–Kier alpha value is -1.31. The van der Waals surface area contributed by atoms with E-state index in [0.29, 0.717) is 12.3 Å². The first-order chi connectivity index (χ1) is 7.25. The maximum Gasteiger partial charge on any atom is 0.306 e. The maximum absolute atomic E-state index is 11.1. The van der Waals surface area contributed by atoms with E-state index in [1.165, 1.54) is 12.8 Å². The lowest BCUT2D eigenvalue weighted by Crippen LogP contribution is -2.17. The minimum absolute atomic E-state index is 0.195. The van der Waals surface area contributed by atoms with Crippen molar-refractivity contribution in [2.24, 2.45) is 11.8 Å². The zero-order chi connectivity index (χ0) is 10.7. The lowest BCUT2D eigenvalue weighted by atomic mass is 9.94. The molecule has 1 atom stereocenters. The fourth-order valence-corrected chi connectivity index (χ4v) is 1.93. The van der Waals surface area contributed by atoms with Crippen molar-refractivity contribution in [3.8, 4) is 0 Å². The van der Waals surface area contributed by atoms with E-state index >= 15 is 0 Å². The SMILES string of the molecule is O=C(O)[C@H](Cc1ccccc1)CC1CC1. The highest BCUT2D eigenvalue weighted by Gasteiger charge is 2.29. The van der Waals surface area contributed by atoms with E-state index in [4.69, 9.17) is 5.11 Å². The number of benzene rings is 1. The Morgan fingerprint density at radius 1 is 1.33 bits per heavy atom. The predicted molar refractivity (Wildman–Crippen MR) is 58.6 cm³/mol. The van der Waals surface area contributed by atoms with Gasteiger partial charge in [0.15, 0.2) is 0 Å². The van der Waals surface area contributed by atoms with E-state index in [-0.39, 0.29) is 5.92 Å². The molecule has 1 aliphatic carbocycles. The summed E-state index contributed by atoms with van der Waals surface area (Å²) in [7, 11) is 0. The second-order valence-corrected chi connectivity index (χ2v) is 4.40. The summed E-state index contributed by atoms with van der Waals surface area (Å²) >= 11 is 0. The van der Waals surface area contributed by atoms with E-state index in [1.807, 2.05) is 30.3 Å². The zero-order valence-electron chi connectivity index (χ0n) is 8.73. The van der Waals surface area contributed by atoms with Gasteiger partial charge in [-0.3, -0.25) is 4.79 Å². The summed E-state index contributed by atoms with van der Waals surface area (Å²) in [6, 6.07) is 9.89. The summed E-state index contributed by atoms with van der Waals surface area (Å²) in [5, 5.41) is 9.11. The standard InChI is InChI=1S/C13H16O2/c14-13(15)12(9-11-6-7-11)8-10-4-2-1-3-5-10/h1-5,11-12H,6-9H2,(H,14,15)/t12-/m1/s1. The Balaban J connectivity index is 1.96. The number of hydrogen-bond donors (Lipinski definition) is 1. The first kappa shape index (κ1) is 10.2. The first-order valence-electron chi connectivity index (χ1n) is 5.52. The van der Waals surface area contributed by atoms with Crippen molar-refractivity contribution in [2.45, 2.75) is 25.7 Å². The lowest BCUT2D eigenvalue weighted by molar-refractivity contribution is -0.142. The number of aliphatic carboxylic acids is 1. The maximum atomic E-state index is 11.1. The molecule has 1 aromatic rings. The Kier molecular flexibility index (Phi) is 3.05. The molecule has 2 rings (SSSR count). The van der Waals surface area contributed by atoms with Crippen molar-refractivity contribution in [2.75, 3.05) is 0 Å². The average molecular weight is 204 g/mol. The van der Waals surface area contributed by atoms with Crippen LogP contribution in [0.1, 0.15) is 24.8 Å². The van der Waals surface area contributed by atoms with Gasteiger partial charge in [0.05, 0.1) is 5.92 Å². The van der Waals surface area contributed by atoms with E-state index in [9.17, 15) is 4.79 Å². The van der Waals surface area contributed by atoms with Crippen LogP contribution in [0, 0.1) is 11.8 Å². The average Bonchev–Trinajstić information content (AvgIpc) is 3.02. The highest BCUT2D eigenvalue weighted by molar-refractivity contribution is 5.70. The van der Waals surface area contributed by atoms with Gasteiger partial charge < -0.3 is 5.11 Å². The molecule has 0 unspecified atom stereocenters. The van der Waals surface area contributed by atoms with Gasteiger partial charge in [0.25, 0.3) is 0 Å². The van der Waals surface area contributed by atoms with E-state index in [1.54, 1.807) is 0 Å². The molecule has 15 heavy (non-hydrogen) atoms. The molecule has 2 nitrogen and oxygen atoms in total. The van der Waals surface area contributed by atoms with Gasteiger partial charge >= 0.3 is 5.97 Å². The molecule has 1 aliphatic rings. The largest absolute Gasteiger partial charge is 0.481 e. The van der Waals surface area contributed by atoms with Crippen LogP contribution in [-0.2, 0) is 11.2 Å². The van der Waals surface area contributed by atoms with Crippen LogP contribution in [0.25, 0.3) is 0 Å². The Morgan fingerprint density at radius 2 is 2.00 bits per heavy atom. The van der Waals surface area contributed by atoms with Gasteiger partial charge in [0.2, 0.25) is 0 Å². The number of hydrogen-bond acceptors (Lipinski definition) is 1. The molecular weight excluding hydrogens is 188 g/mol. The molecule has 1 aromatic carbocycles. The summed E-state index contributed by atoms with van der Waals surface area (Å²) in [5.74, 6) is -0.166. The molecule has 0 radical (unpaired) electrons. The van der Waals surface area contributed by atoms with Crippen LogP contribution in [-0.4, -0.2) is 11.1 Å². The van der Waals surface area contributed by atoms with Gasteiger partial charge in [-0.2, -0.15) is 0 Å². The van der Waals surface area contributed by atoms with Crippen LogP contribution in [0.5, 0.6) is 0 Å². The summed E-state index contributed by atoms with van der Waals surface area (Å²) in [5.41, 5.74) is 1.13. The Labute approximate surface area is 89.9 Å². The molecule has 0 bridgehead atoms. The fourth-order valence-electron chi connectivity index (χ4n) is 1.93. The molecule has 0 aliphatic heterocycles. The van der Waals surface area contributed by atoms with Crippen LogP contribution in [0.3, 0.4) is 0 Å². The minimum atomic E-state index is -0.647. The van der Waals surface area contributed by atoms with Gasteiger partial charge in [0, 0.05) is 0 Å². The van der Waals surface area contributed by atoms with Crippen LogP contribution < -0.4 is 0 Å². The van der Waals surface area contributed by atoms with Gasteiger partial charge in [-0.25, -0.2) is 0 Å². The monoisotopic (exact) mass is 204 g/mol. The molecule has 1 fully saturated rings. The second-order valence-electron chi connectivity index (χ2n) is 4.40. The third kappa shape index (κ3) is 3.08. The molecular formula is C13H16O2. The smallest absolute Gasteiger partial charge is 0.306 e. The predicted octanol–water partition coefficient (Wildman–Crippen LogP) is 2.73. The molecule has 0 amide bonds. The summed E-state index contributed by atoms with van der Waals surface area (Å²) in [4.78, 5) is 11.1. The molecule has 0 spiro atoms. The van der Waals surface area contributed by atoms with E-state index in [2.05, 4.69) is 0 Å². The van der Waals surface area contributed by atoms with Crippen LogP contribution in [0.4, 0.5) is 0 Å². The van der Waals surface area contributed by atoms with Crippen molar-refractivity contribution in [1.29, 1.82) is 0 Å². The molecule has 0 heterocycles. The number of rotatable bonds is 5. The van der Waals surface area contributed by atoms with Crippen molar-refractivity contribution in [3.63, 3.8) is 0 Å². The van der Waals surface area contributed by atoms with Crippen molar-refractivity contribution in [1.82, 2.24) is 0 Å². The quantitative estimate of drug-likeness (QED) is 0.800. The summed E-state index contributed by atoms with van der Waals surface area (Å²) < 4.78 is 0. The molecule has 80 valence electrons. The number of carboxylic acid groups (broad SMARTS) is 1. The van der Waals surface area contributed by atoms with Crippen LogP contribution in [0.15, 0.2) is 30.3 Å². The van der Waals surface area contributed by atoms with Gasteiger partial charge in [-0.1, -0.05) is 43.2 Å². The lowest BCUT2D eigenvalue weighted by Gasteiger charge is -2.11. The highest BCUT2D eigenvalue weighted by Crippen LogP contribution is 2.36. The topological polar surface area (TPSA) is 37.3 Å². The molecule has 1 N–H and O–H groups in total. The molecule has 0 aromatic heterocycles. The zero-order valence-corrected chi connectivity index (χ0v) is 8.73. The number of carbonyl (C=O) groups is 1. The van der Waals surface area contributed by atoms with Crippen molar-refractivity contribution in [3.05, 3.63) is 35.9 Å². The minimum Gasteiger partial charge on any atom is -0.481 e. The van der Waals surface area contributed by atoms with Crippen LogP contribution >= 0.6 is 0 Å². The third-order valence-corrected chi connectivity index (χ3v) is 2.99. The number of carboxylic acids is 1. The molecule has 1 saturated carbocycles. The Bertz CT molecular complexity index is 328. The third-order valence-electron chi connectivity index (χ3n) is 2.99. The normalized spacial score (nSPS) is 17.3. The van der Waals surface area contributed by atoms with Gasteiger partial charge in [0.1, 0.15) is 0 Å². The Morgan fingerprint density at radius 3 is 2.53 bits per heavy atom. The summed E-state index contributed by atoms with van der Waals surface area (Å²) in [6.07, 6.45) is 3.97. The first-order valence-corrected chi connectivity index (χ1v) is 5.52. The van der Waals surface area contributed by atoms with E-state index < -0.39 is 5.97 Å². The molecule has 2 heteroatoms. The van der Waals surface area contributed by atoms with Crippen molar-refractivity contribution < 1.29 is 9.90 Å².